The predicted molar refractivity (Wildman–Crippen MR) is 94.0 cm³/mol. The quantitative estimate of drug-likeness (QED) is 0.645. The van der Waals surface area contributed by atoms with Crippen molar-refractivity contribution in [1.29, 1.82) is 0 Å². The second-order valence-corrected chi connectivity index (χ2v) is 5.95. The van der Waals surface area contributed by atoms with Gasteiger partial charge in [0.05, 0.1) is 12.2 Å². The Morgan fingerprint density at radius 1 is 1.19 bits per heavy atom. The molecule has 2 bridgehead atoms. The third-order valence-electron chi connectivity index (χ3n) is 4.09. The van der Waals surface area contributed by atoms with E-state index in [1.807, 2.05) is 10.6 Å². The molecule has 0 fully saturated rings. The molecule has 0 saturated carbocycles. The van der Waals surface area contributed by atoms with Crippen LogP contribution in [0.1, 0.15) is 23.2 Å². The Balaban J connectivity index is 1.74. The van der Waals surface area contributed by atoms with Crippen LogP contribution in [-0.4, -0.2) is 37.4 Å². The Morgan fingerprint density at radius 2 is 2.12 bits per heavy atom. The molecule has 0 spiro atoms. The van der Waals surface area contributed by atoms with Crippen molar-refractivity contribution in [2.45, 2.75) is 19.4 Å². The number of aromatic nitrogens is 4. The maximum absolute atomic E-state index is 12.7. The topological polar surface area (TPSA) is 102 Å². The number of benzene rings is 1. The number of phenols is 1. The lowest BCUT2D eigenvalue weighted by atomic mass is 10.1. The van der Waals surface area contributed by atoms with E-state index in [4.69, 9.17) is 4.74 Å². The lowest BCUT2D eigenvalue weighted by Crippen LogP contribution is -2.15. The summed E-state index contributed by atoms with van der Waals surface area (Å²) < 4.78 is 7.69. The molecule has 132 valence electrons. The SMILES string of the molecule is O=C1Nc2cccc(n2)-c2nncn2CCCCOc2ccc(O)cc21. The van der Waals surface area contributed by atoms with Gasteiger partial charge in [-0.2, -0.15) is 0 Å². The number of anilines is 1. The predicted octanol–water partition coefficient (Wildman–Crippen LogP) is 2.47. The number of nitrogens with zero attached hydrogens (tertiary/aromatic N) is 4. The molecule has 1 aliphatic rings. The fraction of sp³-hybridized carbons (Fsp3) is 0.222. The van der Waals surface area contributed by atoms with Crippen LogP contribution >= 0.6 is 0 Å². The standard InChI is InChI=1S/C18H17N5O3/c24-12-6-7-15-13(10-12)18(25)21-16-5-3-4-14(20-16)17-22-19-11-23(17)8-1-2-9-26-15/h3-7,10-11,24H,1-2,8-9H2,(H,20,21,25). The van der Waals surface area contributed by atoms with Gasteiger partial charge < -0.3 is 19.7 Å². The maximum atomic E-state index is 12.7. The van der Waals surface area contributed by atoms with Crippen molar-refractivity contribution in [2.24, 2.45) is 0 Å². The molecule has 0 saturated heterocycles. The Labute approximate surface area is 149 Å². The average molecular weight is 351 g/mol. The molecule has 0 radical (unpaired) electrons. The van der Waals surface area contributed by atoms with E-state index in [0.29, 0.717) is 29.7 Å². The number of pyridine rings is 1. The molecule has 8 nitrogen and oxygen atoms in total. The van der Waals surface area contributed by atoms with Crippen LogP contribution in [0.2, 0.25) is 0 Å². The number of aryl methyl sites for hydroxylation is 1. The van der Waals surface area contributed by atoms with E-state index in [2.05, 4.69) is 20.5 Å². The molecule has 3 heterocycles. The lowest BCUT2D eigenvalue weighted by Gasteiger charge is -2.14. The van der Waals surface area contributed by atoms with Gasteiger partial charge in [-0.1, -0.05) is 6.07 Å². The molecule has 1 amide bonds. The first kappa shape index (κ1) is 16.1. The number of hydrogen-bond acceptors (Lipinski definition) is 6. The van der Waals surface area contributed by atoms with Crippen LogP contribution in [0.25, 0.3) is 11.5 Å². The van der Waals surface area contributed by atoms with Gasteiger partial charge in [0.15, 0.2) is 5.82 Å². The van der Waals surface area contributed by atoms with Crippen molar-refractivity contribution in [3.63, 3.8) is 0 Å². The summed E-state index contributed by atoms with van der Waals surface area (Å²) in [6.45, 7) is 1.21. The number of amides is 1. The maximum Gasteiger partial charge on any atom is 0.260 e. The number of ether oxygens (including phenoxy) is 1. The number of nitrogens with one attached hydrogen (secondary N) is 1. The highest BCUT2D eigenvalue weighted by Crippen LogP contribution is 2.25. The van der Waals surface area contributed by atoms with Crippen molar-refractivity contribution < 1.29 is 14.6 Å². The zero-order valence-corrected chi connectivity index (χ0v) is 13.9. The van der Waals surface area contributed by atoms with Gasteiger partial charge in [-0.05, 0) is 43.2 Å². The van der Waals surface area contributed by atoms with E-state index in [-0.39, 0.29) is 11.3 Å². The summed E-state index contributed by atoms with van der Waals surface area (Å²) in [6, 6.07) is 9.79. The third kappa shape index (κ3) is 3.21. The zero-order chi connectivity index (χ0) is 17.9. The molecular formula is C18H17N5O3. The van der Waals surface area contributed by atoms with Gasteiger partial charge in [0.2, 0.25) is 0 Å². The number of rotatable bonds is 0. The highest BCUT2D eigenvalue weighted by Gasteiger charge is 2.16. The first-order valence-electron chi connectivity index (χ1n) is 8.33. The summed E-state index contributed by atoms with van der Waals surface area (Å²) in [6.07, 6.45) is 3.34. The van der Waals surface area contributed by atoms with E-state index < -0.39 is 5.91 Å². The van der Waals surface area contributed by atoms with Crippen molar-refractivity contribution in [1.82, 2.24) is 19.7 Å². The molecule has 26 heavy (non-hydrogen) atoms. The number of phenolic OH excluding ortho intramolecular Hbond substituents is 1. The number of fused-ring (bicyclic) bond motifs is 5. The van der Waals surface area contributed by atoms with Gasteiger partial charge in [-0.3, -0.25) is 4.79 Å². The minimum Gasteiger partial charge on any atom is -0.508 e. The van der Waals surface area contributed by atoms with Gasteiger partial charge >= 0.3 is 0 Å². The molecule has 0 atom stereocenters. The van der Waals surface area contributed by atoms with Crippen molar-refractivity contribution in [3.05, 3.63) is 48.3 Å². The Kier molecular flexibility index (Phi) is 4.22. The summed E-state index contributed by atoms with van der Waals surface area (Å²) in [4.78, 5) is 17.1. The van der Waals surface area contributed by atoms with E-state index in [1.165, 1.54) is 12.1 Å². The van der Waals surface area contributed by atoms with E-state index >= 15 is 0 Å². The Morgan fingerprint density at radius 3 is 3.04 bits per heavy atom. The number of carbonyl (C=O) groups is 1. The molecule has 2 N–H and O–H groups in total. The molecule has 1 aliphatic heterocycles. The average Bonchev–Trinajstić information content (AvgIpc) is 3.10. The summed E-state index contributed by atoms with van der Waals surface area (Å²) in [5, 5.41) is 20.6. The molecule has 3 aromatic rings. The number of hydrogen-bond donors (Lipinski definition) is 2. The first-order chi connectivity index (χ1) is 12.7. The van der Waals surface area contributed by atoms with Crippen LogP contribution < -0.4 is 10.1 Å². The Hall–Kier alpha value is -3.42. The number of carbonyl (C=O) groups excluding carboxylic acids is 1. The van der Waals surface area contributed by atoms with Crippen LogP contribution in [0.3, 0.4) is 0 Å². The van der Waals surface area contributed by atoms with Crippen LogP contribution in [0.5, 0.6) is 11.5 Å². The molecule has 4 rings (SSSR count). The summed E-state index contributed by atoms with van der Waals surface area (Å²) in [5.74, 6) is 1.06. The van der Waals surface area contributed by atoms with Crippen molar-refractivity contribution >= 4 is 11.7 Å². The van der Waals surface area contributed by atoms with Crippen LogP contribution in [0.15, 0.2) is 42.7 Å². The summed E-state index contributed by atoms with van der Waals surface area (Å²) in [7, 11) is 0. The minimum absolute atomic E-state index is 0.00146. The molecule has 2 aromatic heterocycles. The molecule has 8 heteroatoms. The van der Waals surface area contributed by atoms with Crippen LogP contribution in [0, 0.1) is 0 Å². The monoisotopic (exact) mass is 351 g/mol. The third-order valence-corrected chi connectivity index (χ3v) is 4.09. The highest BCUT2D eigenvalue weighted by atomic mass is 16.5. The van der Waals surface area contributed by atoms with Gasteiger partial charge in [0.1, 0.15) is 29.3 Å². The highest BCUT2D eigenvalue weighted by molar-refractivity contribution is 6.06. The van der Waals surface area contributed by atoms with Gasteiger partial charge in [-0.25, -0.2) is 4.98 Å². The summed E-state index contributed by atoms with van der Waals surface area (Å²) >= 11 is 0. The minimum atomic E-state index is -0.404. The normalized spacial score (nSPS) is 14.4. The zero-order valence-electron chi connectivity index (χ0n) is 13.9. The van der Waals surface area contributed by atoms with E-state index in [1.54, 1.807) is 24.5 Å². The molecular weight excluding hydrogens is 334 g/mol. The van der Waals surface area contributed by atoms with E-state index in [0.717, 1.165) is 19.4 Å². The smallest absolute Gasteiger partial charge is 0.260 e. The second-order valence-electron chi connectivity index (χ2n) is 5.95. The van der Waals surface area contributed by atoms with Gasteiger partial charge in [0.25, 0.3) is 5.91 Å². The molecule has 0 aliphatic carbocycles. The fourth-order valence-corrected chi connectivity index (χ4v) is 2.82. The van der Waals surface area contributed by atoms with Gasteiger partial charge in [-0.15, -0.1) is 10.2 Å². The van der Waals surface area contributed by atoms with Crippen molar-refractivity contribution in [2.75, 3.05) is 11.9 Å². The van der Waals surface area contributed by atoms with Crippen molar-refractivity contribution in [3.8, 4) is 23.0 Å². The van der Waals surface area contributed by atoms with Crippen LogP contribution in [0.4, 0.5) is 5.82 Å². The van der Waals surface area contributed by atoms with Crippen LogP contribution in [-0.2, 0) is 6.54 Å². The first-order valence-corrected chi connectivity index (χ1v) is 8.33. The largest absolute Gasteiger partial charge is 0.508 e. The molecule has 0 unspecified atom stereocenters. The molecule has 1 aromatic carbocycles. The Bertz CT molecular complexity index is 954. The van der Waals surface area contributed by atoms with Gasteiger partial charge in [0, 0.05) is 6.54 Å². The number of aromatic hydroxyl groups is 1. The second kappa shape index (κ2) is 6.83. The lowest BCUT2D eigenvalue weighted by molar-refractivity contribution is 0.102. The fourth-order valence-electron chi connectivity index (χ4n) is 2.82. The van der Waals surface area contributed by atoms with E-state index in [9.17, 15) is 9.90 Å². The summed E-state index contributed by atoms with van der Waals surface area (Å²) in [5.41, 5.74) is 0.891.